The van der Waals surface area contributed by atoms with Gasteiger partial charge in [-0.15, -0.1) is 0 Å². The van der Waals surface area contributed by atoms with Crippen molar-refractivity contribution >= 4 is 17.7 Å². The van der Waals surface area contributed by atoms with Gasteiger partial charge in [0.1, 0.15) is 11.2 Å². The van der Waals surface area contributed by atoms with Crippen LogP contribution in [0.2, 0.25) is 0 Å². The number of carboxylic acid groups (broad SMARTS) is 1. The highest BCUT2D eigenvalue weighted by Gasteiger charge is 2.57. The van der Waals surface area contributed by atoms with Crippen LogP contribution >= 0.6 is 0 Å². The first-order chi connectivity index (χ1) is 11.5. The Bertz CT molecular complexity index is 662. The number of ether oxygens (including phenoxy) is 2. The molecule has 0 spiro atoms. The number of carbonyl (C=O) groups excluding carboxylic acids is 1. The van der Waals surface area contributed by atoms with Gasteiger partial charge in [-0.2, -0.15) is 0 Å². The molecule has 1 aromatic rings. The molecule has 0 aromatic heterocycles. The van der Waals surface area contributed by atoms with E-state index in [0.717, 1.165) is 17.7 Å². The zero-order valence-electron chi connectivity index (χ0n) is 13.9. The fourth-order valence-corrected chi connectivity index (χ4v) is 3.51. The number of carboxylic acids is 1. The first-order valence-electron chi connectivity index (χ1n) is 8.04. The molecule has 0 bridgehead atoms. The molecule has 7 nitrogen and oxygen atoms in total. The first kappa shape index (κ1) is 16.6. The summed E-state index contributed by atoms with van der Waals surface area (Å²) < 4.78 is 10.7. The standard InChI is InChI=1S/C17H22N2O5/c1-3-11-4-5-13(6-14(11)23-2)18-16(22)19-7-12-8-24-10-17(12,9-19)15(20)21/h4-6,12H,3,7-10H2,1-2H3,(H,18,22)(H,20,21)/t12-,17-/m1/s1. The van der Waals surface area contributed by atoms with Crippen LogP contribution in [-0.2, 0) is 16.0 Å². The molecule has 2 aliphatic rings. The maximum Gasteiger partial charge on any atom is 0.321 e. The quantitative estimate of drug-likeness (QED) is 0.877. The van der Waals surface area contributed by atoms with Crippen molar-refractivity contribution < 1.29 is 24.2 Å². The second-order valence-electron chi connectivity index (χ2n) is 6.36. The van der Waals surface area contributed by atoms with E-state index in [9.17, 15) is 14.7 Å². The van der Waals surface area contributed by atoms with Crippen LogP contribution in [0.15, 0.2) is 18.2 Å². The highest BCUT2D eigenvalue weighted by Crippen LogP contribution is 2.41. The van der Waals surface area contributed by atoms with Crippen LogP contribution in [0.3, 0.4) is 0 Å². The number of aryl methyl sites for hydroxylation is 1. The topological polar surface area (TPSA) is 88.1 Å². The highest BCUT2D eigenvalue weighted by atomic mass is 16.5. The van der Waals surface area contributed by atoms with Crippen LogP contribution in [0.25, 0.3) is 0 Å². The fraction of sp³-hybridized carbons (Fsp3) is 0.529. The second-order valence-corrected chi connectivity index (χ2v) is 6.36. The molecule has 24 heavy (non-hydrogen) atoms. The molecule has 0 radical (unpaired) electrons. The summed E-state index contributed by atoms with van der Waals surface area (Å²) in [6, 6.07) is 5.23. The number of likely N-dealkylation sites (tertiary alicyclic amines) is 1. The van der Waals surface area contributed by atoms with E-state index < -0.39 is 11.4 Å². The Kier molecular flexibility index (Phi) is 4.36. The molecule has 2 heterocycles. The third-order valence-electron chi connectivity index (χ3n) is 5.01. The predicted octanol–water partition coefficient (Wildman–Crippen LogP) is 1.82. The van der Waals surface area contributed by atoms with Gasteiger partial charge in [-0.1, -0.05) is 13.0 Å². The molecule has 2 atom stereocenters. The summed E-state index contributed by atoms with van der Waals surface area (Å²) in [6.45, 7) is 3.14. The number of urea groups is 1. The number of fused-ring (bicyclic) bond motifs is 1. The minimum Gasteiger partial charge on any atom is -0.496 e. The van der Waals surface area contributed by atoms with Crippen molar-refractivity contribution in [3.63, 3.8) is 0 Å². The number of nitrogens with one attached hydrogen (secondary N) is 1. The van der Waals surface area contributed by atoms with Gasteiger partial charge in [-0.05, 0) is 18.1 Å². The highest BCUT2D eigenvalue weighted by molar-refractivity contribution is 5.91. The van der Waals surface area contributed by atoms with Gasteiger partial charge in [0.05, 0.1) is 20.3 Å². The van der Waals surface area contributed by atoms with Crippen molar-refractivity contribution in [3.8, 4) is 5.75 Å². The molecule has 7 heteroatoms. The van der Waals surface area contributed by atoms with E-state index in [2.05, 4.69) is 5.32 Å². The second kappa shape index (κ2) is 6.32. The fourth-order valence-electron chi connectivity index (χ4n) is 3.51. The lowest BCUT2D eigenvalue weighted by Crippen LogP contribution is -2.41. The molecule has 3 rings (SSSR count). The zero-order valence-corrected chi connectivity index (χ0v) is 13.9. The van der Waals surface area contributed by atoms with Gasteiger partial charge in [0, 0.05) is 30.8 Å². The summed E-state index contributed by atoms with van der Waals surface area (Å²) in [5.74, 6) is -0.323. The molecule has 2 fully saturated rings. The number of aliphatic carboxylic acids is 1. The summed E-state index contributed by atoms with van der Waals surface area (Å²) in [7, 11) is 1.60. The summed E-state index contributed by atoms with van der Waals surface area (Å²) in [4.78, 5) is 25.7. The van der Waals surface area contributed by atoms with E-state index in [1.54, 1.807) is 18.1 Å². The van der Waals surface area contributed by atoms with Gasteiger partial charge < -0.3 is 24.8 Å². The van der Waals surface area contributed by atoms with Crippen molar-refractivity contribution in [2.24, 2.45) is 11.3 Å². The lowest BCUT2D eigenvalue weighted by Gasteiger charge is -2.22. The van der Waals surface area contributed by atoms with Gasteiger partial charge in [0.15, 0.2) is 0 Å². The van der Waals surface area contributed by atoms with Crippen LogP contribution in [0.4, 0.5) is 10.5 Å². The smallest absolute Gasteiger partial charge is 0.321 e. The largest absolute Gasteiger partial charge is 0.496 e. The van der Waals surface area contributed by atoms with Crippen LogP contribution in [0.5, 0.6) is 5.75 Å². The van der Waals surface area contributed by atoms with Crippen molar-refractivity contribution in [1.29, 1.82) is 0 Å². The molecule has 0 unspecified atom stereocenters. The van der Waals surface area contributed by atoms with Crippen LogP contribution in [-0.4, -0.2) is 55.4 Å². The molecule has 2 saturated heterocycles. The third-order valence-corrected chi connectivity index (χ3v) is 5.01. The van der Waals surface area contributed by atoms with Gasteiger partial charge >= 0.3 is 12.0 Å². The SMILES string of the molecule is CCc1ccc(NC(=O)N2C[C@@H]3COC[C@]3(C(=O)O)C2)cc1OC. The molecule has 0 saturated carbocycles. The summed E-state index contributed by atoms with van der Waals surface area (Å²) in [5, 5.41) is 12.4. The number of anilines is 1. The Balaban J connectivity index is 1.71. The number of rotatable bonds is 4. The summed E-state index contributed by atoms with van der Waals surface area (Å²) >= 11 is 0. The van der Waals surface area contributed by atoms with E-state index in [1.807, 2.05) is 19.1 Å². The number of methoxy groups -OCH3 is 1. The molecule has 2 N–H and O–H groups in total. The number of nitrogens with zero attached hydrogens (tertiary/aromatic N) is 1. The van der Waals surface area contributed by atoms with Gasteiger partial charge in [0.25, 0.3) is 0 Å². The average molecular weight is 334 g/mol. The Hall–Kier alpha value is -2.28. The zero-order chi connectivity index (χ0) is 17.3. The van der Waals surface area contributed by atoms with E-state index in [4.69, 9.17) is 9.47 Å². The molecular formula is C17H22N2O5. The molecule has 130 valence electrons. The number of hydrogen-bond acceptors (Lipinski definition) is 4. The van der Waals surface area contributed by atoms with Gasteiger partial charge in [0.2, 0.25) is 0 Å². The monoisotopic (exact) mass is 334 g/mol. The summed E-state index contributed by atoms with van der Waals surface area (Å²) in [6.07, 6.45) is 0.840. The number of benzene rings is 1. The van der Waals surface area contributed by atoms with Crippen molar-refractivity contribution in [2.45, 2.75) is 13.3 Å². The van der Waals surface area contributed by atoms with E-state index in [-0.39, 0.29) is 25.1 Å². The molecule has 2 aliphatic heterocycles. The van der Waals surface area contributed by atoms with Crippen LogP contribution in [0.1, 0.15) is 12.5 Å². The molecule has 1 aromatic carbocycles. The van der Waals surface area contributed by atoms with Crippen LogP contribution < -0.4 is 10.1 Å². The van der Waals surface area contributed by atoms with E-state index in [1.165, 1.54) is 0 Å². The summed E-state index contributed by atoms with van der Waals surface area (Å²) in [5.41, 5.74) is 0.723. The lowest BCUT2D eigenvalue weighted by molar-refractivity contribution is -0.149. The number of hydrogen-bond donors (Lipinski definition) is 2. The number of carbonyl (C=O) groups is 2. The van der Waals surface area contributed by atoms with Gasteiger partial charge in [-0.3, -0.25) is 4.79 Å². The van der Waals surface area contributed by atoms with Crippen LogP contribution in [0, 0.1) is 11.3 Å². The molecular weight excluding hydrogens is 312 g/mol. The Morgan fingerprint density at radius 2 is 2.29 bits per heavy atom. The first-order valence-corrected chi connectivity index (χ1v) is 8.04. The molecule has 0 aliphatic carbocycles. The third kappa shape index (κ3) is 2.69. The maximum absolute atomic E-state index is 12.5. The Morgan fingerprint density at radius 3 is 2.92 bits per heavy atom. The van der Waals surface area contributed by atoms with E-state index >= 15 is 0 Å². The van der Waals surface area contributed by atoms with Gasteiger partial charge in [-0.25, -0.2) is 4.79 Å². The molecule has 2 amide bonds. The normalized spacial score (nSPS) is 25.4. The lowest BCUT2D eigenvalue weighted by atomic mass is 9.81. The minimum absolute atomic E-state index is 0.155. The predicted molar refractivity (Wildman–Crippen MR) is 87.3 cm³/mol. The minimum atomic E-state index is -0.971. The Morgan fingerprint density at radius 1 is 1.50 bits per heavy atom. The van der Waals surface area contributed by atoms with E-state index in [0.29, 0.717) is 18.8 Å². The Labute approximate surface area is 140 Å². The van der Waals surface area contributed by atoms with Crippen molar-refractivity contribution in [3.05, 3.63) is 23.8 Å². The average Bonchev–Trinajstić information content (AvgIpc) is 3.13. The van der Waals surface area contributed by atoms with Crippen molar-refractivity contribution in [2.75, 3.05) is 38.7 Å². The van der Waals surface area contributed by atoms with Crippen molar-refractivity contribution in [1.82, 2.24) is 4.90 Å². The maximum atomic E-state index is 12.5. The number of amides is 2.